The first-order chi connectivity index (χ1) is 9.88. The Morgan fingerprint density at radius 1 is 1.43 bits per heavy atom. The Kier molecular flexibility index (Phi) is 4.69. The fourth-order valence-corrected chi connectivity index (χ4v) is 2.99. The summed E-state index contributed by atoms with van der Waals surface area (Å²) in [6.45, 7) is 3.10. The van der Waals surface area contributed by atoms with Crippen LogP contribution < -0.4 is 5.32 Å². The first-order valence-electron chi connectivity index (χ1n) is 6.26. The van der Waals surface area contributed by atoms with Crippen molar-refractivity contribution in [2.45, 2.75) is 19.1 Å². The van der Waals surface area contributed by atoms with Crippen LogP contribution in [0.2, 0.25) is 0 Å². The normalized spacial score (nSPS) is 11.6. The molecule has 0 saturated heterocycles. The second-order valence-electron chi connectivity index (χ2n) is 4.68. The molecule has 0 radical (unpaired) electrons. The summed E-state index contributed by atoms with van der Waals surface area (Å²) in [5.74, 6) is -1.11. The van der Waals surface area contributed by atoms with Crippen LogP contribution in [0, 0.1) is 0 Å². The van der Waals surface area contributed by atoms with Gasteiger partial charge in [-0.05, 0) is 26.0 Å². The maximum absolute atomic E-state index is 11.7. The molecule has 8 heteroatoms. The second-order valence-corrected chi connectivity index (χ2v) is 8.10. The Balaban J connectivity index is 2.05. The van der Waals surface area contributed by atoms with Crippen LogP contribution in [0.1, 0.15) is 13.8 Å². The number of sulfone groups is 1. The molecule has 0 bridgehead atoms. The average Bonchev–Trinajstić information content (AvgIpc) is 2.87. The van der Waals surface area contributed by atoms with E-state index in [0.29, 0.717) is 10.8 Å². The topological polar surface area (TPSA) is 89.0 Å². The minimum Gasteiger partial charge on any atom is -0.301 e. The van der Waals surface area contributed by atoms with Crippen LogP contribution in [0.15, 0.2) is 29.9 Å². The Morgan fingerprint density at radius 2 is 2.19 bits per heavy atom. The van der Waals surface area contributed by atoms with Gasteiger partial charge in [-0.1, -0.05) is 0 Å². The Morgan fingerprint density at radius 3 is 2.81 bits per heavy atom. The Bertz CT molecular complexity index is 724. The van der Waals surface area contributed by atoms with E-state index in [1.807, 2.05) is 6.07 Å². The van der Waals surface area contributed by atoms with Gasteiger partial charge in [0.15, 0.2) is 15.0 Å². The van der Waals surface area contributed by atoms with Crippen molar-refractivity contribution < 1.29 is 13.2 Å². The van der Waals surface area contributed by atoms with Crippen molar-refractivity contribution >= 4 is 32.2 Å². The number of nitrogens with zero attached hydrogens (tertiary/aromatic N) is 2. The number of carbonyl (C=O) groups excluding carboxylic acids is 1. The van der Waals surface area contributed by atoms with Gasteiger partial charge in [0.2, 0.25) is 5.91 Å². The number of aromatic nitrogens is 2. The Hall–Kier alpha value is -1.80. The first-order valence-corrected chi connectivity index (χ1v) is 8.85. The van der Waals surface area contributed by atoms with Crippen molar-refractivity contribution in [1.82, 2.24) is 9.97 Å². The predicted octanol–water partition coefficient (Wildman–Crippen LogP) is 1.97. The number of nitrogens with one attached hydrogen (secondary N) is 1. The third-order valence-corrected chi connectivity index (χ3v) is 5.62. The van der Waals surface area contributed by atoms with Crippen molar-refractivity contribution in [3.05, 3.63) is 29.9 Å². The molecule has 2 heterocycles. The molecule has 0 saturated carbocycles. The summed E-state index contributed by atoms with van der Waals surface area (Å²) in [6, 6.07) is 3.65. The zero-order valence-corrected chi connectivity index (χ0v) is 13.2. The van der Waals surface area contributed by atoms with Gasteiger partial charge in [-0.15, -0.1) is 11.3 Å². The van der Waals surface area contributed by atoms with E-state index in [4.69, 9.17) is 0 Å². The minimum atomic E-state index is -3.41. The zero-order chi connectivity index (χ0) is 15.5. The molecule has 0 aliphatic carbocycles. The van der Waals surface area contributed by atoms with Crippen LogP contribution in [0.25, 0.3) is 11.3 Å². The third-order valence-electron chi connectivity index (χ3n) is 2.76. The van der Waals surface area contributed by atoms with E-state index in [1.165, 1.54) is 11.3 Å². The average molecular weight is 325 g/mol. The van der Waals surface area contributed by atoms with E-state index in [9.17, 15) is 13.2 Å². The summed E-state index contributed by atoms with van der Waals surface area (Å²) in [5.41, 5.74) is 1.53. The summed E-state index contributed by atoms with van der Waals surface area (Å²) in [5, 5.41) is 4.09. The summed E-state index contributed by atoms with van der Waals surface area (Å²) < 4.78 is 23.3. The maximum atomic E-state index is 11.7. The number of thiazole rings is 1. The van der Waals surface area contributed by atoms with Crippen molar-refractivity contribution in [1.29, 1.82) is 0 Å². The smallest absolute Gasteiger partial charge is 0.241 e. The molecule has 6 nitrogen and oxygen atoms in total. The molecule has 21 heavy (non-hydrogen) atoms. The van der Waals surface area contributed by atoms with Crippen LogP contribution >= 0.6 is 11.3 Å². The SMILES string of the molecule is CC(C)S(=O)(=O)CC(=O)Nc1nc(-c2cccnc2)cs1. The number of rotatable bonds is 5. The largest absolute Gasteiger partial charge is 0.301 e. The molecule has 0 aliphatic heterocycles. The molecule has 2 rings (SSSR count). The molecule has 0 spiro atoms. The highest BCUT2D eigenvalue weighted by molar-refractivity contribution is 7.92. The van der Waals surface area contributed by atoms with Gasteiger partial charge >= 0.3 is 0 Å². The monoisotopic (exact) mass is 325 g/mol. The summed E-state index contributed by atoms with van der Waals surface area (Å²) >= 11 is 1.24. The summed E-state index contributed by atoms with van der Waals surface area (Å²) in [4.78, 5) is 20.0. The summed E-state index contributed by atoms with van der Waals surface area (Å²) in [6.07, 6.45) is 3.33. The lowest BCUT2D eigenvalue weighted by Gasteiger charge is -2.06. The maximum Gasteiger partial charge on any atom is 0.241 e. The molecule has 2 aromatic rings. The second kappa shape index (κ2) is 6.31. The predicted molar refractivity (Wildman–Crippen MR) is 82.9 cm³/mol. The van der Waals surface area contributed by atoms with Gasteiger partial charge in [0, 0.05) is 23.3 Å². The third kappa shape index (κ3) is 4.08. The molecule has 2 aromatic heterocycles. The van der Waals surface area contributed by atoms with Gasteiger partial charge in [-0.2, -0.15) is 0 Å². The number of anilines is 1. The Labute approximate surface area is 127 Å². The van der Waals surface area contributed by atoms with Crippen LogP contribution in [-0.4, -0.2) is 35.3 Å². The van der Waals surface area contributed by atoms with Crippen LogP contribution in [0.5, 0.6) is 0 Å². The molecule has 0 aromatic carbocycles. The molecule has 0 fully saturated rings. The van der Waals surface area contributed by atoms with E-state index in [0.717, 1.165) is 5.56 Å². The molecular weight excluding hydrogens is 310 g/mol. The van der Waals surface area contributed by atoms with Crippen molar-refractivity contribution in [2.75, 3.05) is 11.1 Å². The van der Waals surface area contributed by atoms with E-state index >= 15 is 0 Å². The van der Waals surface area contributed by atoms with Crippen LogP contribution in [0.4, 0.5) is 5.13 Å². The van der Waals surface area contributed by atoms with Gasteiger partial charge in [-0.25, -0.2) is 13.4 Å². The van der Waals surface area contributed by atoms with E-state index in [-0.39, 0.29) is 0 Å². The minimum absolute atomic E-state index is 0.373. The number of hydrogen-bond acceptors (Lipinski definition) is 6. The van der Waals surface area contributed by atoms with E-state index < -0.39 is 26.7 Å². The first kappa shape index (κ1) is 15.6. The van der Waals surface area contributed by atoms with Gasteiger partial charge in [0.25, 0.3) is 0 Å². The lowest BCUT2D eigenvalue weighted by molar-refractivity contribution is -0.113. The lowest BCUT2D eigenvalue weighted by atomic mass is 10.2. The molecule has 0 unspecified atom stereocenters. The van der Waals surface area contributed by atoms with Crippen molar-refractivity contribution in [3.63, 3.8) is 0 Å². The number of pyridine rings is 1. The summed E-state index contributed by atoms with van der Waals surface area (Å²) in [7, 11) is -3.41. The standard InChI is InChI=1S/C13H15N3O3S2/c1-9(2)21(18,19)8-12(17)16-13-15-11(7-20-13)10-4-3-5-14-6-10/h3-7,9H,8H2,1-2H3,(H,15,16,17). The molecule has 0 atom stereocenters. The fourth-order valence-electron chi connectivity index (χ4n) is 1.48. The quantitative estimate of drug-likeness (QED) is 0.908. The van der Waals surface area contributed by atoms with Gasteiger partial charge in [0.05, 0.1) is 10.9 Å². The highest BCUT2D eigenvalue weighted by Crippen LogP contribution is 2.24. The number of amides is 1. The van der Waals surface area contributed by atoms with E-state index in [2.05, 4.69) is 15.3 Å². The highest BCUT2D eigenvalue weighted by Gasteiger charge is 2.21. The van der Waals surface area contributed by atoms with Crippen LogP contribution in [0.3, 0.4) is 0 Å². The molecule has 112 valence electrons. The molecule has 1 N–H and O–H groups in total. The number of hydrogen-bond donors (Lipinski definition) is 1. The highest BCUT2D eigenvalue weighted by atomic mass is 32.2. The molecular formula is C13H15N3O3S2. The van der Waals surface area contributed by atoms with E-state index in [1.54, 1.807) is 37.7 Å². The van der Waals surface area contributed by atoms with Gasteiger partial charge in [0.1, 0.15) is 5.75 Å². The zero-order valence-electron chi connectivity index (χ0n) is 11.6. The molecule has 0 aliphatic rings. The van der Waals surface area contributed by atoms with Crippen LogP contribution in [-0.2, 0) is 14.6 Å². The van der Waals surface area contributed by atoms with Crippen molar-refractivity contribution in [3.8, 4) is 11.3 Å². The van der Waals surface area contributed by atoms with Crippen molar-refractivity contribution in [2.24, 2.45) is 0 Å². The lowest BCUT2D eigenvalue weighted by Crippen LogP contribution is -2.27. The number of carbonyl (C=O) groups is 1. The van der Waals surface area contributed by atoms with Gasteiger partial charge in [-0.3, -0.25) is 9.78 Å². The van der Waals surface area contributed by atoms with Gasteiger partial charge < -0.3 is 5.32 Å². The molecule has 1 amide bonds. The fraction of sp³-hybridized carbons (Fsp3) is 0.308.